The molecule has 0 spiro atoms. The minimum atomic E-state index is -0.910. The average molecular weight is 384 g/mol. The van der Waals surface area contributed by atoms with Gasteiger partial charge in [0, 0.05) is 46.6 Å². The Morgan fingerprint density at radius 1 is 0.893 bits per heavy atom. The number of allylic oxidation sites excluding steroid dienone is 8. The maximum Gasteiger partial charge on any atom is 0.0148 e. The van der Waals surface area contributed by atoms with Crippen LogP contribution in [0.3, 0.4) is 0 Å². The van der Waals surface area contributed by atoms with E-state index in [-0.39, 0.29) is 0 Å². The summed E-state index contributed by atoms with van der Waals surface area (Å²) in [5, 5.41) is 25.5. The lowest BCUT2D eigenvalue weighted by atomic mass is 9.67. The molecule has 0 amide bonds. The van der Waals surface area contributed by atoms with Crippen LogP contribution in [0.15, 0.2) is 71.4 Å². The van der Waals surface area contributed by atoms with E-state index in [2.05, 4.69) is 4.90 Å². The fraction of sp³-hybridized carbons (Fsp3) is 0.478. The molecule has 1 fully saturated rings. The number of hydrogen-bond donors (Lipinski definition) is 0. The molecule has 0 aromatic heterocycles. The first kappa shape index (κ1) is 22.1. The molecule has 0 saturated heterocycles. The van der Waals surface area contributed by atoms with Crippen molar-refractivity contribution >= 4 is 0 Å². The van der Waals surface area contributed by atoms with Gasteiger partial charge >= 0.3 is 0 Å². The van der Waals surface area contributed by atoms with Gasteiger partial charge in [-0.15, -0.1) is 12.2 Å². The molecule has 1 aliphatic heterocycles. The molecular formula is C23H33N3O2-2. The zero-order chi connectivity index (χ0) is 21.0. The highest BCUT2D eigenvalue weighted by molar-refractivity contribution is 5.41. The van der Waals surface area contributed by atoms with Gasteiger partial charge in [0.1, 0.15) is 0 Å². The predicted molar refractivity (Wildman–Crippen MR) is 112 cm³/mol. The standard InChI is InChI=1S/C23H33N3O2/c1-16-12-19(13-17(2)26(16)7)15-21-22(27)20(23(21)28)14-18(8-10-24(3)4)9-11-25(5)6/h8-15,20-23H,1-7H3/q-2/b10-8+,11-9+. The van der Waals surface area contributed by atoms with Gasteiger partial charge < -0.3 is 24.9 Å². The summed E-state index contributed by atoms with van der Waals surface area (Å²) in [6.07, 6.45) is 13.6. The topological polar surface area (TPSA) is 55.8 Å². The van der Waals surface area contributed by atoms with Crippen LogP contribution in [-0.2, 0) is 0 Å². The summed E-state index contributed by atoms with van der Waals surface area (Å²) in [5.74, 6) is -0.985. The number of rotatable bonds is 6. The lowest BCUT2D eigenvalue weighted by molar-refractivity contribution is -0.550. The van der Waals surface area contributed by atoms with Crippen molar-refractivity contribution in [3.63, 3.8) is 0 Å². The Bertz CT molecular complexity index is 689. The first-order valence-electron chi connectivity index (χ1n) is 9.65. The van der Waals surface area contributed by atoms with Crippen molar-refractivity contribution in [2.75, 3.05) is 35.2 Å². The van der Waals surface area contributed by atoms with E-state index in [1.54, 1.807) is 0 Å². The molecular weight excluding hydrogens is 350 g/mol. The van der Waals surface area contributed by atoms with E-state index in [1.807, 2.05) is 108 Å². The van der Waals surface area contributed by atoms with E-state index >= 15 is 0 Å². The first-order valence-corrected chi connectivity index (χ1v) is 9.65. The molecule has 0 aromatic rings. The van der Waals surface area contributed by atoms with Crippen molar-refractivity contribution in [1.29, 1.82) is 0 Å². The van der Waals surface area contributed by atoms with E-state index in [4.69, 9.17) is 0 Å². The van der Waals surface area contributed by atoms with Crippen LogP contribution in [0.25, 0.3) is 0 Å². The van der Waals surface area contributed by atoms with Gasteiger partial charge in [-0.05, 0) is 73.5 Å². The zero-order valence-corrected chi connectivity index (χ0v) is 18.1. The third-order valence-corrected chi connectivity index (χ3v) is 5.23. The molecule has 1 aliphatic carbocycles. The van der Waals surface area contributed by atoms with Gasteiger partial charge in [0.05, 0.1) is 0 Å². The van der Waals surface area contributed by atoms with Crippen LogP contribution in [0.2, 0.25) is 0 Å². The molecule has 0 N–H and O–H groups in total. The smallest absolute Gasteiger partial charge is 0.0148 e. The van der Waals surface area contributed by atoms with E-state index in [9.17, 15) is 10.2 Å². The van der Waals surface area contributed by atoms with Crippen LogP contribution in [0.1, 0.15) is 13.8 Å². The van der Waals surface area contributed by atoms with E-state index in [0.29, 0.717) is 0 Å². The second-order valence-corrected chi connectivity index (χ2v) is 8.11. The summed E-state index contributed by atoms with van der Waals surface area (Å²) >= 11 is 0. The molecule has 2 aliphatic rings. The highest BCUT2D eigenvalue weighted by atomic mass is 16.3. The Morgan fingerprint density at radius 2 is 1.36 bits per heavy atom. The van der Waals surface area contributed by atoms with Gasteiger partial charge in [0.2, 0.25) is 0 Å². The Hall–Kier alpha value is -2.24. The highest BCUT2D eigenvalue weighted by Crippen LogP contribution is 2.36. The largest absolute Gasteiger partial charge is 0.851 e. The number of hydrogen-bond acceptors (Lipinski definition) is 5. The van der Waals surface area contributed by atoms with Gasteiger partial charge in [-0.25, -0.2) is 0 Å². The summed E-state index contributed by atoms with van der Waals surface area (Å²) in [6, 6.07) is 0. The monoisotopic (exact) mass is 383 g/mol. The summed E-state index contributed by atoms with van der Waals surface area (Å²) in [6.45, 7) is 4.06. The van der Waals surface area contributed by atoms with Crippen LogP contribution < -0.4 is 10.2 Å². The molecule has 2 rings (SSSR count). The summed E-state index contributed by atoms with van der Waals surface area (Å²) in [7, 11) is 9.77. The number of nitrogens with zero attached hydrogens (tertiary/aromatic N) is 3. The van der Waals surface area contributed by atoms with Crippen molar-refractivity contribution in [2.24, 2.45) is 11.8 Å². The van der Waals surface area contributed by atoms with Gasteiger partial charge in [0.25, 0.3) is 0 Å². The summed E-state index contributed by atoms with van der Waals surface area (Å²) in [5.41, 5.74) is 4.06. The Labute approximate surface area is 169 Å². The molecule has 28 heavy (non-hydrogen) atoms. The van der Waals surface area contributed by atoms with Gasteiger partial charge in [-0.2, -0.15) is 0 Å². The third kappa shape index (κ3) is 5.40. The van der Waals surface area contributed by atoms with Crippen molar-refractivity contribution < 1.29 is 10.2 Å². The SMILES string of the molecule is CC1=CC(=CC2C([O-])C(C=C(/C=C/N(C)C)/C=C/N(C)C)C2[O-])C=C(C)N1C. The molecule has 5 nitrogen and oxygen atoms in total. The highest BCUT2D eigenvalue weighted by Gasteiger charge is 2.33. The summed E-state index contributed by atoms with van der Waals surface area (Å²) in [4.78, 5) is 5.95. The van der Waals surface area contributed by atoms with Crippen molar-refractivity contribution in [3.05, 3.63) is 71.4 Å². The molecule has 154 valence electrons. The average Bonchev–Trinajstić information content (AvgIpc) is 2.62. The van der Waals surface area contributed by atoms with Gasteiger partial charge in [0.15, 0.2) is 0 Å². The van der Waals surface area contributed by atoms with Crippen molar-refractivity contribution in [2.45, 2.75) is 26.1 Å². The van der Waals surface area contributed by atoms with Crippen molar-refractivity contribution in [1.82, 2.24) is 14.7 Å². The molecule has 0 aromatic carbocycles. The van der Waals surface area contributed by atoms with Crippen LogP contribution in [0, 0.1) is 11.8 Å². The fourth-order valence-electron chi connectivity index (χ4n) is 3.29. The normalized spacial score (nSPS) is 27.5. The second-order valence-electron chi connectivity index (χ2n) is 8.11. The molecule has 0 radical (unpaired) electrons. The summed E-state index contributed by atoms with van der Waals surface area (Å²) < 4.78 is 0. The maximum atomic E-state index is 12.8. The second kappa shape index (κ2) is 9.30. The molecule has 5 heteroatoms. The minimum Gasteiger partial charge on any atom is -0.851 e. The van der Waals surface area contributed by atoms with E-state index < -0.39 is 24.0 Å². The zero-order valence-electron chi connectivity index (χ0n) is 18.1. The maximum absolute atomic E-state index is 12.8. The first-order chi connectivity index (χ1) is 13.1. The molecule has 2 atom stereocenters. The third-order valence-electron chi connectivity index (χ3n) is 5.23. The molecule has 0 bridgehead atoms. The Balaban J connectivity index is 2.19. The van der Waals surface area contributed by atoms with Crippen LogP contribution in [0.4, 0.5) is 0 Å². The fourth-order valence-corrected chi connectivity index (χ4v) is 3.29. The van der Waals surface area contributed by atoms with Crippen molar-refractivity contribution in [3.8, 4) is 0 Å². The Kier molecular flexibility index (Phi) is 7.33. The minimum absolute atomic E-state index is 0.482. The quantitative estimate of drug-likeness (QED) is 0.650. The van der Waals surface area contributed by atoms with E-state index in [1.165, 1.54) is 0 Å². The van der Waals surface area contributed by atoms with E-state index in [0.717, 1.165) is 22.5 Å². The molecule has 2 unspecified atom stereocenters. The lowest BCUT2D eigenvalue weighted by Gasteiger charge is -2.59. The van der Waals surface area contributed by atoms with Gasteiger partial charge in [-0.1, -0.05) is 12.2 Å². The van der Waals surface area contributed by atoms with Crippen LogP contribution in [0.5, 0.6) is 0 Å². The Morgan fingerprint density at radius 3 is 1.79 bits per heavy atom. The molecule has 1 saturated carbocycles. The van der Waals surface area contributed by atoms with Crippen LogP contribution in [-0.4, -0.2) is 62.1 Å². The molecule has 1 heterocycles. The van der Waals surface area contributed by atoms with Gasteiger partial charge in [-0.3, -0.25) is 0 Å². The predicted octanol–water partition coefficient (Wildman–Crippen LogP) is 1.45. The lowest BCUT2D eigenvalue weighted by Crippen LogP contribution is -2.65. The van der Waals surface area contributed by atoms with Crippen LogP contribution >= 0.6 is 0 Å².